The lowest BCUT2D eigenvalue weighted by molar-refractivity contribution is -0.137. The summed E-state index contributed by atoms with van der Waals surface area (Å²) in [6.45, 7) is -2.00. The molecular formula is C17H30N4O15P2. The first-order chi connectivity index (χ1) is 17.3. The molecule has 3 atom stereocenters. The first-order valence-corrected chi connectivity index (χ1v) is 13.1. The van der Waals surface area contributed by atoms with Crippen molar-refractivity contribution in [2.45, 2.75) is 32.3 Å². The number of phosphoric acid groups is 1. The Morgan fingerprint density at radius 2 is 1.76 bits per heavy atom. The molecule has 0 aliphatic heterocycles. The molecule has 0 radical (unpaired) electrons. The minimum absolute atomic E-state index is 0.0662. The normalized spacial score (nSPS) is 15.0. The first-order valence-electron chi connectivity index (χ1n) is 10.1. The third-order valence-corrected chi connectivity index (χ3v) is 5.62. The zero-order valence-corrected chi connectivity index (χ0v) is 21.8. The SMILES string of the molecule is CN(CC(=O)O)C(N)=NP(=O)(O)O.Cc1ncc(COP(=O)(O)OC[C@@H](O)[C@@H](O)C(=O)CO)c(CO)c1O. The van der Waals surface area contributed by atoms with Gasteiger partial charge in [0.1, 0.15) is 31.1 Å². The van der Waals surface area contributed by atoms with Gasteiger partial charge in [-0.1, -0.05) is 0 Å². The second-order valence-electron chi connectivity index (χ2n) is 7.25. The van der Waals surface area contributed by atoms with Crippen molar-refractivity contribution in [3.63, 3.8) is 0 Å². The molecule has 0 aliphatic rings. The van der Waals surface area contributed by atoms with Crippen LogP contribution < -0.4 is 5.73 Å². The molecule has 0 fully saturated rings. The number of nitrogens with zero attached hydrogens (tertiary/aromatic N) is 3. The molecule has 0 amide bonds. The average molecular weight is 592 g/mol. The Bertz CT molecular complexity index is 1080. The number of ketones is 1. The quantitative estimate of drug-likeness (QED) is 0.0616. The molecule has 1 aromatic heterocycles. The molecule has 1 unspecified atom stereocenters. The van der Waals surface area contributed by atoms with Gasteiger partial charge in [-0.3, -0.25) is 23.6 Å². The number of carbonyl (C=O) groups is 2. The molecule has 0 saturated heterocycles. The molecular weight excluding hydrogens is 562 g/mol. The van der Waals surface area contributed by atoms with E-state index in [1.54, 1.807) is 0 Å². The number of aromatic nitrogens is 1. The number of carbonyl (C=O) groups excluding carboxylic acids is 1. The lowest BCUT2D eigenvalue weighted by Gasteiger charge is -2.18. The Kier molecular flexibility index (Phi) is 14.7. The summed E-state index contributed by atoms with van der Waals surface area (Å²) in [5, 5.41) is 54.6. The molecule has 11 N–H and O–H groups in total. The number of likely N-dealkylation sites (N-methyl/N-ethyl adjacent to an activating group) is 1. The summed E-state index contributed by atoms with van der Waals surface area (Å²) in [5.74, 6) is -3.06. The Morgan fingerprint density at radius 1 is 1.18 bits per heavy atom. The summed E-state index contributed by atoms with van der Waals surface area (Å²) < 4.78 is 33.9. The Hall–Kier alpha value is -2.54. The van der Waals surface area contributed by atoms with Crippen molar-refractivity contribution in [2.24, 2.45) is 10.5 Å². The molecule has 19 nitrogen and oxygen atoms in total. The van der Waals surface area contributed by atoms with Crippen LogP contribution in [0.2, 0.25) is 0 Å². The van der Waals surface area contributed by atoms with Crippen LogP contribution in [0.5, 0.6) is 5.75 Å². The van der Waals surface area contributed by atoms with Gasteiger partial charge in [0, 0.05) is 24.4 Å². The number of phosphoric ester groups is 1. The number of Topliss-reactive ketones (excluding diaryl/α,β-unsaturated/α-hetero) is 1. The summed E-state index contributed by atoms with van der Waals surface area (Å²) in [6, 6.07) is 0. The van der Waals surface area contributed by atoms with Crippen LogP contribution in [0, 0.1) is 6.92 Å². The number of aromatic hydroxyl groups is 1. The zero-order valence-electron chi connectivity index (χ0n) is 20.1. The minimum Gasteiger partial charge on any atom is -0.506 e. The van der Waals surface area contributed by atoms with E-state index in [4.69, 9.17) is 25.7 Å². The van der Waals surface area contributed by atoms with E-state index < -0.39 is 78.5 Å². The third-order valence-electron chi connectivity index (χ3n) is 4.23. The summed E-state index contributed by atoms with van der Waals surface area (Å²) in [6.07, 6.45) is -2.59. The summed E-state index contributed by atoms with van der Waals surface area (Å²) in [5.41, 5.74) is 5.53. The molecule has 0 saturated carbocycles. The van der Waals surface area contributed by atoms with E-state index in [2.05, 4.69) is 18.8 Å². The summed E-state index contributed by atoms with van der Waals surface area (Å²) >= 11 is 0. The monoisotopic (exact) mass is 592 g/mol. The largest absolute Gasteiger partial charge is 0.506 e. The van der Waals surface area contributed by atoms with Crippen molar-refractivity contribution in [3.05, 3.63) is 23.0 Å². The molecule has 1 heterocycles. The van der Waals surface area contributed by atoms with Gasteiger partial charge in [-0.25, -0.2) is 9.13 Å². The smallest absolute Gasteiger partial charge is 0.472 e. The maximum absolute atomic E-state index is 11.7. The molecule has 0 aromatic carbocycles. The fourth-order valence-electron chi connectivity index (χ4n) is 2.24. The molecule has 0 aliphatic carbocycles. The zero-order chi connectivity index (χ0) is 29.8. The number of hydrogen-bond donors (Lipinski definition) is 10. The van der Waals surface area contributed by atoms with E-state index in [1.165, 1.54) is 20.2 Å². The lowest BCUT2D eigenvalue weighted by atomic mass is 10.1. The van der Waals surface area contributed by atoms with Gasteiger partial charge in [0.2, 0.25) is 5.96 Å². The van der Waals surface area contributed by atoms with Gasteiger partial charge in [-0.2, -0.15) is 0 Å². The minimum atomic E-state index is -4.68. The van der Waals surface area contributed by atoms with E-state index in [-0.39, 0.29) is 22.6 Å². The standard InChI is InChI=1S/C13H20NO10P.C4H10N3O5P/c1-7-12(19)9(3-15)8(2-14-7)5-23-25(21,22)24-6-11(18)13(20)10(17)4-16;1-7(2-3(8)9)4(5)6-13(10,11)12/h2,11,13,15-16,18-20H,3-6H2,1H3,(H,21,22);2H2,1H3,(H,8,9)(H4,5,6,10,11,12)/t11-,13+;/m1./s1. The van der Waals surface area contributed by atoms with Crippen LogP contribution in [0.3, 0.4) is 0 Å². The highest BCUT2D eigenvalue weighted by atomic mass is 31.2. The molecule has 0 bridgehead atoms. The van der Waals surface area contributed by atoms with Gasteiger partial charge in [-0.05, 0) is 6.92 Å². The second kappa shape index (κ2) is 15.8. The summed E-state index contributed by atoms with van der Waals surface area (Å²) in [4.78, 5) is 52.1. The highest BCUT2D eigenvalue weighted by Gasteiger charge is 2.29. The topological polar surface area (TPSA) is 323 Å². The molecule has 38 heavy (non-hydrogen) atoms. The number of guanidine groups is 1. The fourth-order valence-corrected chi connectivity index (χ4v) is 3.37. The van der Waals surface area contributed by atoms with Crippen molar-refractivity contribution in [1.29, 1.82) is 0 Å². The first kappa shape index (κ1) is 35.5. The number of hydrogen-bond acceptors (Lipinski definition) is 12. The molecule has 1 rings (SSSR count). The van der Waals surface area contributed by atoms with Crippen LogP contribution in [0.4, 0.5) is 0 Å². The number of aliphatic hydroxyl groups excluding tert-OH is 4. The van der Waals surface area contributed by atoms with Crippen LogP contribution in [-0.4, -0.2) is 112 Å². The van der Waals surface area contributed by atoms with Gasteiger partial charge in [-0.15, -0.1) is 4.76 Å². The van der Waals surface area contributed by atoms with E-state index in [0.717, 1.165) is 4.90 Å². The van der Waals surface area contributed by atoms with Gasteiger partial charge >= 0.3 is 21.5 Å². The number of aliphatic carboxylic acids is 1. The molecule has 1 aromatic rings. The summed E-state index contributed by atoms with van der Waals surface area (Å²) in [7, 11) is -8.02. The van der Waals surface area contributed by atoms with Gasteiger partial charge in [0.05, 0.1) is 25.5 Å². The van der Waals surface area contributed by atoms with Crippen molar-refractivity contribution in [3.8, 4) is 5.75 Å². The average Bonchev–Trinajstić information content (AvgIpc) is 2.81. The van der Waals surface area contributed by atoms with Crippen LogP contribution in [0.1, 0.15) is 16.8 Å². The van der Waals surface area contributed by atoms with Gasteiger partial charge in [0.15, 0.2) is 5.78 Å². The van der Waals surface area contributed by atoms with Crippen LogP contribution in [-0.2, 0) is 41.0 Å². The molecule has 218 valence electrons. The molecule has 21 heteroatoms. The Labute approximate surface area is 215 Å². The number of carboxylic acid groups (broad SMARTS) is 1. The van der Waals surface area contributed by atoms with Crippen molar-refractivity contribution in [1.82, 2.24) is 9.88 Å². The third kappa shape index (κ3) is 13.3. The van der Waals surface area contributed by atoms with Crippen LogP contribution in [0.25, 0.3) is 0 Å². The highest BCUT2D eigenvalue weighted by Crippen LogP contribution is 2.44. The molecule has 0 spiro atoms. The van der Waals surface area contributed by atoms with E-state index in [9.17, 15) is 44.0 Å². The van der Waals surface area contributed by atoms with Crippen LogP contribution in [0.15, 0.2) is 11.0 Å². The van der Waals surface area contributed by atoms with Gasteiger partial charge in [0.25, 0.3) is 0 Å². The highest BCUT2D eigenvalue weighted by molar-refractivity contribution is 7.50. The van der Waals surface area contributed by atoms with Crippen LogP contribution >= 0.6 is 15.6 Å². The van der Waals surface area contributed by atoms with Crippen molar-refractivity contribution in [2.75, 3.05) is 26.8 Å². The maximum atomic E-state index is 11.7. The predicted molar refractivity (Wildman–Crippen MR) is 125 cm³/mol. The second-order valence-corrected chi connectivity index (χ2v) is 9.93. The Morgan fingerprint density at radius 3 is 2.24 bits per heavy atom. The van der Waals surface area contributed by atoms with E-state index in [1.807, 2.05) is 0 Å². The number of rotatable bonds is 13. The van der Waals surface area contributed by atoms with Gasteiger partial charge < -0.3 is 56.0 Å². The number of aryl methyl sites for hydroxylation is 1. The predicted octanol–water partition coefficient (Wildman–Crippen LogP) is -3.09. The van der Waals surface area contributed by atoms with E-state index >= 15 is 0 Å². The number of aliphatic hydroxyl groups is 4. The van der Waals surface area contributed by atoms with Crippen molar-refractivity contribution < 1.29 is 73.1 Å². The number of carboxylic acids is 1. The maximum Gasteiger partial charge on any atom is 0.472 e. The van der Waals surface area contributed by atoms with Crippen molar-refractivity contribution >= 4 is 33.3 Å². The van der Waals surface area contributed by atoms with E-state index in [0.29, 0.717) is 0 Å². The number of nitrogens with two attached hydrogens (primary N) is 1. The number of pyridine rings is 1. The Balaban J connectivity index is 0.000000889. The lowest BCUT2D eigenvalue weighted by Crippen LogP contribution is -2.38. The fraction of sp³-hybridized carbons (Fsp3) is 0.529.